The van der Waals surface area contributed by atoms with Crippen molar-refractivity contribution in [2.45, 2.75) is 32.7 Å². The predicted molar refractivity (Wildman–Crippen MR) is 84.7 cm³/mol. The Morgan fingerprint density at radius 2 is 2.19 bits per heavy atom. The lowest BCUT2D eigenvalue weighted by Crippen LogP contribution is -2.35. The fraction of sp³-hybridized carbons (Fsp3) is 0.467. The summed E-state index contributed by atoms with van der Waals surface area (Å²) in [6.45, 7) is 4.47. The van der Waals surface area contributed by atoms with Crippen molar-refractivity contribution in [2.24, 2.45) is 5.92 Å². The maximum absolute atomic E-state index is 12.3. The average Bonchev–Trinajstić information content (AvgIpc) is 2.84. The lowest BCUT2D eigenvalue weighted by atomic mass is 10.1. The number of benzene rings is 1. The standard InChI is InChI=1S/C15H18Cl2N2O2/c1-3-9(2)19-8-10(6-14(19)20)15(21)18-13-7-11(16)4-5-12(13)17/h4-5,7,9-10H,3,6,8H2,1-2H3,(H,18,21). The second-order valence-corrected chi connectivity index (χ2v) is 6.16. The number of halogens is 2. The number of rotatable bonds is 4. The molecule has 1 aliphatic rings. The fourth-order valence-electron chi connectivity index (χ4n) is 2.38. The van der Waals surface area contributed by atoms with Crippen molar-refractivity contribution >= 4 is 40.7 Å². The van der Waals surface area contributed by atoms with E-state index < -0.39 is 0 Å². The topological polar surface area (TPSA) is 49.4 Å². The SMILES string of the molecule is CCC(C)N1CC(C(=O)Nc2cc(Cl)ccc2Cl)CC1=O. The highest BCUT2D eigenvalue weighted by Crippen LogP contribution is 2.28. The molecule has 6 heteroatoms. The van der Waals surface area contributed by atoms with Gasteiger partial charge in [0.25, 0.3) is 0 Å². The van der Waals surface area contributed by atoms with Crippen LogP contribution in [0, 0.1) is 5.92 Å². The van der Waals surface area contributed by atoms with Crippen molar-refractivity contribution in [3.63, 3.8) is 0 Å². The molecule has 1 aromatic carbocycles. The van der Waals surface area contributed by atoms with Gasteiger partial charge in [0.1, 0.15) is 0 Å². The van der Waals surface area contributed by atoms with Gasteiger partial charge in [-0.25, -0.2) is 0 Å². The van der Waals surface area contributed by atoms with Crippen LogP contribution in [0.25, 0.3) is 0 Å². The van der Waals surface area contributed by atoms with E-state index in [1.807, 2.05) is 13.8 Å². The van der Waals surface area contributed by atoms with Crippen LogP contribution < -0.4 is 5.32 Å². The van der Waals surface area contributed by atoms with Crippen LogP contribution in [-0.4, -0.2) is 29.3 Å². The predicted octanol–water partition coefficient (Wildman–Crippen LogP) is 3.58. The Morgan fingerprint density at radius 1 is 1.48 bits per heavy atom. The van der Waals surface area contributed by atoms with E-state index in [0.29, 0.717) is 22.3 Å². The van der Waals surface area contributed by atoms with Gasteiger partial charge in [-0.2, -0.15) is 0 Å². The van der Waals surface area contributed by atoms with Gasteiger partial charge in [0.05, 0.1) is 16.6 Å². The molecule has 2 atom stereocenters. The third-order valence-electron chi connectivity index (χ3n) is 3.84. The number of carbonyl (C=O) groups excluding carboxylic acids is 2. The van der Waals surface area contributed by atoms with Gasteiger partial charge >= 0.3 is 0 Å². The van der Waals surface area contributed by atoms with E-state index in [9.17, 15) is 9.59 Å². The highest BCUT2D eigenvalue weighted by molar-refractivity contribution is 6.35. The van der Waals surface area contributed by atoms with E-state index in [-0.39, 0.29) is 30.2 Å². The maximum Gasteiger partial charge on any atom is 0.229 e. The van der Waals surface area contributed by atoms with Gasteiger partial charge in [0.15, 0.2) is 0 Å². The molecule has 2 rings (SSSR count). The number of hydrogen-bond acceptors (Lipinski definition) is 2. The zero-order valence-corrected chi connectivity index (χ0v) is 13.5. The zero-order chi connectivity index (χ0) is 15.6. The molecule has 4 nitrogen and oxygen atoms in total. The Hall–Kier alpha value is -1.26. The summed E-state index contributed by atoms with van der Waals surface area (Å²) in [5.41, 5.74) is 0.476. The molecule has 0 radical (unpaired) electrons. The van der Waals surface area contributed by atoms with E-state index in [1.54, 1.807) is 23.1 Å². The molecule has 1 saturated heterocycles. The number of likely N-dealkylation sites (tertiary alicyclic amines) is 1. The number of nitrogens with one attached hydrogen (secondary N) is 1. The van der Waals surface area contributed by atoms with Crippen molar-refractivity contribution in [1.82, 2.24) is 4.90 Å². The number of anilines is 1. The second-order valence-electron chi connectivity index (χ2n) is 5.32. The molecule has 2 unspecified atom stereocenters. The van der Waals surface area contributed by atoms with Crippen LogP contribution in [0.1, 0.15) is 26.7 Å². The molecule has 0 aromatic heterocycles. The highest BCUT2D eigenvalue weighted by Gasteiger charge is 2.36. The highest BCUT2D eigenvalue weighted by atomic mass is 35.5. The van der Waals surface area contributed by atoms with Crippen molar-refractivity contribution in [1.29, 1.82) is 0 Å². The first-order valence-electron chi connectivity index (χ1n) is 6.97. The summed E-state index contributed by atoms with van der Waals surface area (Å²) in [5.74, 6) is -0.512. The number of amides is 2. The number of nitrogens with zero attached hydrogens (tertiary/aromatic N) is 1. The Bertz CT molecular complexity index is 563. The summed E-state index contributed by atoms with van der Waals surface area (Å²) in [4.78, 5) is 26.0. The third-order valence-corrected chi connectivity index (χ3v) is 4.40. The van der Waals surface area contributed by atoms with Gasteiger partial charge in [0, 0.05) is 24.0 Å². The summed E-state index contributed by atoms with van der Waals surface area (Å²) in [5, 5.41) is 3.68. The molecule has 0 spiro atoms. The van der Waals surface area contributed by atoms with Crippen molar-refractivity contribution in [2.75, 3.05) is 11.9 Å². The lowest BCUT2D eigenvalue weighted by Gasteiger charge is -2.23. The Balaban J connectivity index is 2.05. The number of hydrogen-bond donors (Lipinski definition) is 1. The van der Waals surface area contributed by atoms with Crippen molar-refractivity contribution in [3.05, 3.63) is 28.2 Å². The first-order chi connectivity index (χ1) is 9.92. The van der Waals surface area contributed by atoms with Crippen LogP contribution in [0.2, 0.25) is 10.0 Å². The summed E-state index contributed by atoms with van der Waals surface area (Å²) < 4.78 is 0. The summed E-state index contributed by atoms with van der Waals surface area (Å²) in [6.07, 6.45) is 1.12. The van der Waals surface area contributed by atoms with E-state index in [4.69, 9.17) is 23.2 Å². The first-order valence-corrected chi connectivity index (χ1v) is 7.73. The van der Waals surface area contributed by atoms with Crippen LogP contribution in [0.4, 0.5) is 5.69 Å². The largest absolute Gasteiger partial charge is 0.339 e. The fourth-order valence-corrected chi connectivity index (χ4v) is 2.72. The van der Waals surface area contributed by atoms with Crippen LogP contribution >= 0.6 is 23.2 Å². The average molecular weight is 329 g/mol. The van der Waals surface area contributed by atoms with E-state index in [2.05, 4.69) is 5.32 Å². The molecule has 1 heterocycles. The van der Waals surface area contributed by atoms with Gasteiger partial charge in [-0.1, -0.05) is 30.1 Å². The van der Waals surface area contributed by atoms with Crippen LogP contribution in [0.3, 0.4) is 0 Å². The molecule has 1 aliphatic heterocycles. The molecule has 1 aromatic rings. The second kappa shape index (κ2) is 6.67. The van der Waals surface area contributed by atoms with Crippen molar-refractivity contribution in [3.8, 4) is 0 Å². The third kappa shape index (κ3) is 3.69. The van der Waals surface area contributed by atoms with Gasteiger partial charge in [-0.05, 0) is 31.5 Å². The molecule has 2 amide bonds. The number of carbonyl (C=O) groups is 2. The van der Waals surface area contributed by atoms with Gasteiger partial charge < -0.3 is 10.2 Å². The minimum atomic E-state index is -0.346. The first kappa shape index (κ1) is 16.1. The minimum absolute atomic E-state index is 0.0293. The van der Waals surface area contributed by atoms with Crippen LogP contribution in [0.15, 0.2) is 18.2 Å². The summed E-state index contributed by atoms with van der Waals surface area (Å²) in [6, 6.07) is 5.05. The molecule has 21 heavy (non-hydrogen) atoms. The monoisotopic (exact) mass is 328 g/mol. The molecule has 1 fully saturated rings. The van der Waals surface area contributed by atoms with Crippen molar-refractivity contribution < 1.29 is 9.59 Å². The zero-order valence-electron chi connectivity index (χ0n) is 12.0. The van der Waals surface area contributed by atoms with Crippen LogP contribution in [-0.2, 0) is 9.59 Å². The van der Waals surface area contributed by atoms with E-state index in [1.165, 1.54) is 0 Å². The smallest absolute Gasteiger partial charge is 0.229 e. The maximum atomic E-state index is 12.3. The molecular weight excluding hydrogens is 311 g/mol. The Labute approximate surface area is 134 Å². The van der Waals surface area contributed by atoms with Gasteiger partial charge in [0.2, 0.25) is 11.8 Å². The molecule has 0 bridgehead atoms. The Morgan fingerprint density at radius 3 is 2.86 bits per heavy atom. The van der Waals surface area contributed by atoms with E-state index >= 15 is 0 Å². The lowest BCUT2D eigenvalue weighted by molar-refractivity contribution is -0.129. The minimum Gasteiger partial charge on any atom is -0.339 e. The van der Waals surface area contributed by atoms with E-state index in [0.717, 1.165) is 6.42 Å². The quantitative estimate of drug-likeness (QED) is 0.918. The summed E-state index contributed by atoms with van der Waals surface area (Å²) >= 11 is 11.9. The molecule has 0 aliphatic carbocycles. The normalized spacial score (nSPS) is 19.7. The van der Waals surface area contributed by atoms with Gasteiger partial charge in [-0.3, -0.25) is 9.59 Å². The molecule has 1 N–H and O–H groups in total. The molecule has 0 saturated carbocycles. The summed E-state index contributed by atoms with van der Waals surface area (Å²) in [7, 11) is 0. The Kier molecular flexibility index (Phi) is 5.12. The molecule has 114 valence electrons. The van der Waals surface area contributed by atoms with Crippen LogP contribution in [0.5, 0.6) is 0 Å². The molecular formula is C15H18Cl2N2O2. The van der Waals surface area contributed by atoms with Gasteiger partial charge in [-0.15, -0.1) is 0 Å².